The zero-order valence-electron chi connectivity index (χ0n) is 16.6. The smallest absolute Gasteiger partial charge is 0.261 e. The van der Waals surface area contributed by atoms with Crippen LogP contribution in [0.15, 0.2) is 59.5 Å². The summed E-state index contributed by atoms with van der Waals surface area (Å²) in [7, 11) is -3.70. The van der Waals surface area contributed by atoms with E-state index in [4.69, 9.17) is 0 Å². The molecule has 0 radical (unpaired) electrons. The van der Waals surface area contributed by atoms with Crippen LogP contribution in [0.1, 0.15) is 23.4 Å². The fraction of sp³-hybridized carbons (Fsp3) is 0.238. The number of rotatable bonds is 7. The molecule has 2 N–H and O–H groups in total. The van der Waals surface area contributed by atoms with E-state index in [0.717, 1.165) is 17.0 Å². The highest BCUT2D eigenvalue weighted by Gasteiger charge is 2.15. The molecule has 1 heterocycles. The van der Waals surface area contributed by atoms with Crippen molar-refractivity contribution in [2.75, 3.05) is 10.0 Å². The van der Waals surface area contributed by atoms with Gasteiger partial charge < -0.3 is 5.32 Å². The molecule has 3 aromatic rings. The Morgan fingerprint density at radius 2 is 1.76 bits per heavy atom. The van der Waals surface area contributed by atoms with E-state index in [-0.39, 0.29) is 17.2 Å². The van der Waals surface area contributed by atoms with Gasteiger partial charge >= 0.3 is 0 Å². The van der Waals surface area contributed by atoms with Gasteiger partial charge in [-0.3, -0.25) is 14.2 Å². The molecule has 2 aromatic carbocycles. The van der Waals surface area contributed by atoms with E-state index in [1.165, 1.54) is 12.1 Å². The van der Waals surface area contributed by atoms with Gasteiger partial charge in [0.25, 0.3) is 10.0 Å². The number of carbonyl (C=O) groups is 1. The van der Waals surface area contributed by atoms with Gasteiger partial charge in [-0.1, -0.05) is 24.3 Å². The van der Waals surface area contributed by atoms with Crippen molar-refractivity contribution < 1.29 is 13.2 Å². The fourth-order valence-corrected chi connectivity index (χ4v) is 4.09. The predicted molar refractivity (Wildman–Crippen MR) is 113 cm³/mol. The molecule has 0 saturated carbocycles. The first-order valence-corrected chi connectivity index (χ1v) is 10.7. The van der Waals surface area contributed by atoms with Gasteiger partial charge in [0.05, 0.1) is 16.3 Å². The lowest BCUT2D eigenvalue weighted by Crippen LogP contribution is -2.17. The summed E-state index contributed by atoms with van der Waals surface area (Å²) >= 11 is 0. The van der Waals surface area contributed by atoms with E-state index < -0.39 is 10.0 Å². The number of carbonyl (C=O) groups excluding carboxylic acids is 1. The molecule has 1 aromatic heterocycles. The van der Waals surface area contributed by atoms with Crippen molar-refractivity contribution in [3.05, 3.63) is 71.5 Å². The largest absolute Gasteiger partial charge is 0.326 e. The molecular weight excluding hydrogens is 388 g/mol. The van der Waals surface area contributed by atoms with Crippen molar-refractivity contribution >= 4 is 27.3 Å². The SMILES string of the molecule is Cc1cc(C)n(CCC(=O)Nc2ccc(C)c(NS(=O)(=O)c3ccccc3)c2)n1. The Kier molecular flexibility index (Phi) is 6.03. The summed E-state index contributed by atoms with van der Waals surface area (Å²) in [5.74, 6) is -0.168. The standard InChI is InChI=1S/C21H24N4O3S/c1-15-9-10-18(22-21(26)11-12-25-17(3)13-16(2)23-25)14-20(15)24-29(27,28)19-7-5-4-6-8-19/h4-10,13-14,24H,11-12H2,1-3H3,(H,22,26). The van der Waals surface area contributed by atoms with Crippen LogP contribution in [0, 0.1) is 20.8 Å². The van der Waals surface area contributed by atoms with E-state index in [0.29, 0.717) is 17.9 Å². The lowest BCUT2D eigenvalue weighted by molar-refractivity contribution is -0.116. The summed E-state index contributed by atoms with van der Waals surface area (Å²) in [6.45, 7) is 6.14. The average molecular weight is 413 g/mol. The highest BCUT2D eigenvalue weighted by Crippen LogP contribution is 2.23. The van der Waals surface area contributed by atoms with Gasteiger partial charge in [-0.2, -0.15) is 5.10 Å². The Balaban J connectivity index is 1.68. The molecule has 0 bridgehead atoms. The number of nitrogens with zero attached hydrogens (tertiary/aromatic N) is 2. The lowest BCUT2D eigenvalue weighted by Gasteiger charge is -2.13. The molecule has 29 heavy (non-hydrogen) atoms. The number of anilines is 2. The average Bonchev–Trinajstić information content (AvgIpc) is 3.00. The van der Waals surface area contributed by atoms with Crippen LogP contribution in [-0.2, 0) is 21.4 Å². The maximum Gasteiger partial charge on any atom is 0.261 e. The Hall–Kier alpha value is -3.13. The molecule has 0 spiro atoms. The van der Waals surface area contributed by atoms with Crippen molar-refractivity contribution in [2.45, 2.75) is 38.6 Å². The molecule has 0 fully saturated rings. The summed E-state index contributed by atoms with van der Waals surface area (Å²) in [6, 6.07) is 15.2. The van der Waals surface area contributed by atoms with Crippen LogP contribution in [0.5, 0.6) is 0 Å². The maximum absolute atomic E-state index is 12.6. The quantitative estimate of drug-likeness (QED) is 0.620. The van der Waals surface area contributed by atoms with E-state index in [1.807, 2.05) is 19.9 Å². The topological polar surface area (TPSA) is 93.1 Å². The van der Waals surface area contributed by atoms with Crippen LogP contribution in [0.4, 0.5) is 11.4 Å². The number of aryl methyl sites for hydroxylation is 4. The molecule has 0 atom stereocenters. The maximum atomic E-state index is 12.6. The zero-order valence-corrected chi connectivity index (χ0v) is 17.5. The van der Waals surface area contributed by atoms with Crippen LogP contribution in [0.25, 0.3) is 0 Å². The Morgan fingerprint density at radius 1 is 1.03 bits per heavy atom. The van der Waals surface area contributed by atoms with Crippen molar-refractivity contribution in [1.29, 1.82) is 0 Å². The minimum Gasteiger partial charge on any atom is -0.326 e. The first-order valence-electron chi connectivity index (χ1n) is 9.24. The minimum atomic E-state index is -3.70. The third-order valence-corrected chi connectivity index (χ3v) is 5.85. The second-order valence-corrected chi connectivity index (χ2v) is 8.58. The number of sulfonamides is 1. The van der Waals surface area contributed by atoms with Gasteiger partial charge in [-0.25, -0.2) is 8.42 Å². The Bertz CT molecular complexity index is 1120. The first kappa shape index (κ1) is 20.6. The number of benzene rings is 2. The van der Waals surface area contributed by atoms with Gasteiger partial charge in [0, 0.05) is 24.3 Å². The molecule has 0 saturated heterocycles. The molecule has 0 aliphatic heterocycles. The van der Waals surface area contributed by atoms with Gasteiger partial charge in [0.15, 0.2) is 0 Å². The number of aromatic nitrogens is 2. The van der Waals surface area contributed by atoms with Gasteiger partial charge in [0.1, 0.15) is 0 Å². The number of amides is 1. The van der Waals surface area contributed by atoms with E-state index >= 15 is 0 Å². The van der Waals surface area contributed by atoms with E-state index in [2.05, 4.69) is 15.1 Å². The van der Waals surface area contributed by atoms with Crippen LogP contribution < -0.4 is 10.0 Å². The molecule has 8 heteroatoms. The number of hydrogen-bond acceptors (Lipinski definition) is 4. The van der Waals surface area contributed by atoms with Crippen molar-refractivity contribution in [2.24, 2.45) is 0 Å². The normalized spacial score (nSPS) is 11.3. The molecule has 1 amide bonds. The summed E-state index contributed by atoms with van der Waals surface area (Å²) in [4.78, 5) is 12.5. The molecule has 0 unspecified atom stereocenters. The van der Waals surface area contributed by atoms with Crippen molar-refractivity contribution in [3.63, 3.8) is 0 Å². The molecule has 7 nitrogen and oxygen atoms in total. The summed E-state index contributed by atoms with van der Waals surface area (Å²) in [5, 5.41) is 7.16. The van der Waals surface area contributed by atoms with Crippen molar-refractivity contribution in [1.82, 2.24) is 9.78 Å². The highest BCUT2D eigenvalue weighted by molar-refractivity contribution is 7.92. The third-order valence-electron chi connectivity index (χ3n) is 4.47. The minimum absolute atomic E-state index is 0.168. The van der Waals surface area contributed by atoms with E-state index in [1.54, 1.807) is 48.0 Å². The first-order chi connectivity index (χ1) is 13.7. The van der Waals surface area contributed by atoms with Crippen LogP contribution in [0.2, 0.25) is 0 Å². The second-order valence-electron chi connectivity index (χ2n) is 6.90. The summed E-state index contributed by atoms with van der Waals surface area (Å²) < 4.78 is 29.5. The van der Waals surface area contributed by atoms with Crippen LogP contribution in [0.3, 0.4) is 0 Å². The monoisotopic (exact) mass is 412 g/mol. The number of hydrogen-bond donors (Lipinski definition) is 2. The predicted octanol–water partition coefficient (Wildman–Crippen LogP) is 3.64. The Morgan fingerprint density at radius 3 is 2.41 bits per heavy atom. The molecule has 0 aliphatic carbocycles. The molecular formula is C21H24N4O3S. The van der Waals surface area contributed by atoms with E-state index in [9.17, 15) is 13.2 Å². The summed E-state index contributed by atoms with van der Waals surface area (Å²) in [5.41, 5.74) is 3.62. The third kappa shape index (κ3) is 5.23. The lowest BCUT2D eigenvalue weighted by atomic mass is 10.2. The zero-order chi connectivity index (χ0) is 21.0. The van der Waals surface area contributed by atoms with Gasteiger partial charge in [-0.15, -0.1) is 0 Å². The number of nitrogens with one attached hydrogen (secondary N) is 2. The second kappa shape index (κ2) is 8.48. The molecule has 3 rings (SSSR count). The summed E-state index contributed by atoms with van der Waals surface area (Å²) in [6.07, 6.45) is 0.265. The molecule has 0 aliphatic rings. The fourth-order valence-electron chi connectivity index (χ4n) is 2.95. The van der Waals surface area contributed by atoms with Gasteiger partial charge in [0.2, 0.25) is 5.91 Å². The van der Waals surface area contributed by atoms with Crippen LogP contribution in [-0.4, -0.2) is 24.1 Å². The Labute approximate surface area is 170 Å². The molecule has 152 valence electrons. The van der Waals surface area contributed by atoms with Crippen LogP contribution >= 0.6 is 0 Å². The highest BCUT2D eigenvalue weighted by atomic mass is 32.2. The van der Waals surface area contributed by atoms with Crippen molar-refractivity contribution in [3.8, 4) is 0 Å². The van der Waals surface area contributed by atoms with Gasteiger partial charge in [-0.05, 0) is 56.7 Å².